The molecule has 1 atom stereocenters. The van der Waals surface area contributed by atoms with Crippen LogP contribution in [-0.2, 0) is 27.6 Å². The fourth-order valence-electron chi connectivity index (χ4n) is 5.07. The predicted molar refractivity (Wildman–Crippen MR) is 145 cm³/mol. The minimum atomic E-state index is -3.60. The van der Waals surface area contributed by atoms with Crippen molar-refractivity contribution in [1.82, 2.24) is 14.3 Å². The van der Waals surface area contributed by atoms with Gasteiger partial charge in [0.05, 0.1) is 29.2 Å². The molecule has 3 aromatic rings. The number of hydrazone groups is 1. The lowest BCUT2D eigenvalue weighted by molar-refractivity contribution is 0.0730. The molecule has 0 spiro atoms. The first kappa shape index (κ1) is 25.8. The monoisotopic (exact) mass is 540 g/mol. The van der Waals surface area contributed by atoms with Crippen LogP contribution < -0.4 is 5.43 Å². The summed E-state index contributed by atoms with van der Waals surface area (Å²) in [4.78, 5) is 15.0. The highest BCUT2D eigenvalue weighted by Crippen LogP contribution is 2.32. The molecule has 1 aliphatic heterocycles. The van der Waals surface area contributed by atoms with Gasteiger partial charge in [0, 0.05) is 40.6 Å². The smallest absolute Gasteiger partial charge is 0.281 e. The topological polar surface area (TPSA) is 93.0 Å². The van der Waals surface area contributed by atoms with E-state index in [0.717, 1.165) is 35.5 Å². The van der Waals surface area contributed by atoms with Crippen molar-refractivity contribution in [2.45, 2.75) is 44.9 Å². The molecule has 2 aliphatic rings. The van der Waals surface area contributed by atoms with E-state index in [9.17, 15) is 13.2 Å². The van der Waals surface area contributed by atoms with Crippen molar-refractivity contribution in [3.63, 3.8) is 0 Å². The maximum atomic E-state index is 13.1. The van der Waals surface area contributed by atoms with Crippen LogP contribution in [0.4, 0.5) is 0 Å². The second-order valence-corrected chi connectivity index (χ2v) is 12.9. The molecule has 37 heavy (non-hydrogen) atoms. The fraction of sp³-hybridized carbons (Fsp3) is 0.407. The normalized spacial score (nSPS) is 18.7. The summed E-state index contributed by atoms with van der Waals surface area (Å²) in [7, 11) is -3.60. The molecule has 196 valence electrons. The van der Waals surface area contributed by atoms with Gasteiger partial charge in [-0.3, -0.25) is 4.79 Å². The summed E-state index contributed by atoms with van der Waals surface area (Å²) < 4.78 is 35.1. The number of thiophene rings is 1. The van der Waals surface area contributed by atoms with Crippen LogP contribution in [0.3, 0.4) is 0 Å². The van der Waals surface area contributed by atoms with Crippen molar-refractivity contribution in [2.24, 2.45) is 11.0 Å². The highest BCUT2D eigenvalue weighted by molar-refractivity contribution is 7.89. The number of hydrogen-bond donors (Lipinski definition) is 1. The van der Waals surface area contributed by atoms with Crippen molar-refractivity contribution < 1.29 is 17.9 Å². The SMILES string of the molecule is Cc1cc(/C=N\NC(=O)c2cc3c(s2)CC[C@@H](C)C3)c(C)n1-c1cccc(S(=O)(=O)N2CCOCC2)c1. The highest BCUT2D eigenvalue weighted by Gasteiger charge is 2.27. The Kier molecular flexibility index (Phi) is 7.35. The molecule has 1 fully saturated rings. The van der Waals surface area contributed by atoms with E-state index in [1.165, 1.54) is 21.2 Å². The predicted octanol–water partition coefficient (Wildman–Crippen LogP) is 4.07. The number of carbonyl (C=O) groups is 1. The standard InChI is InChI=1S/C27H32N4O4S2/c1-18-7-8-25-21(13-18)15-26(36-25)27(32)29-28-17-22-14-19(2)31(20(22)3)23-5-4-6-24(16-23)37(33,34)30-9-11-35-12-10-30/h4-6,14-18H,7-13H2,1-3H3,(H,29,32)/b28-17-/t18-/m1/s1. The second kappa shape index (κ2) is 10.5. The maximum absolute atomic E-state index is 13.1. The van der Waals surface area contributed by atoms with Gasteiger partial charge in [-0.05, 0) is 74.9 Å². The van der Waals surface area contributed by atoms with E-state index in [0.29, 0.717) is 37.1 Å². The van der Waals surface area contributed by atoms with E-state index in [1.807, 2.05) is 36.6 Å². The summed E-state index contributed by atoms with van der Waals surface area (Å²) in [6.45, 7) is 7.68. The number of aryl methyl sites for hydroxylation is 2. The molecule has 1 amide bonds. The van der Waals surface area contributed by atoms with Gasteiger partial charge in [0.15, 0.2) is 0 Å². The van der Waals surface area contributed by atoms with E-state index >= 15 is 0 Å². The van der Waals surface area contributed by atoms with Crippen LogP contribution in [-0.4, -0.2) is 55.7 Å². The van der Waals surface area contributed by atoms with Crippen LogP contribution in [0.2, 0.25) is 0 Å². The maximum Gasteiger partial charge on any atom is 0.281 e. The van der Waals surface area contributed by atoms with Crippen molar-refractivity contribution in [3.05, 3.63) is 68.7 Å². The molecule has 0 saturated carbocycles. The van der Waals surface area contributed by atoms with Crippen molar-refractivity contribution >= 4 is 33.5 Å². The minimum Gasteiger partial charge on any atom is -0.379 e. The number of nitrogens with zero attached hydrogens (tertiary/aromatic N) is 3. The number of hydrogen-bond acceptors (Lipinski definition) is 6. The Hall–Kier alpha value is -2.79. The number of nitrogens with one attached hydrogen (secondary N) is 1. The number of morpholine rings is 1. The van der Waals surface area contributed by atoms with Crippen molar-refractivity contribution in [2.75, 3.05) is 26.3 Å². The number of amides is 1. The Balaban J connectivity index is 1.33. The van der Waals surface area contributed by atoms with Crippen LogP contribution in [0.25, 0.3) is 5.69 Å². The molecule has 2 aromatic heterocycles. The molecular formula is C27H32N4O4S2. The zero-order valence-corrected chi connectivity index (χ0v) is 23.0. The van der Waals surface area contributed by atoms with Gasteiger partial charge in [0.2, 0.25) is 10.0 Å². The summed E-state index contributed by atoms with van der Waals surface area (Å²) in [6.07, 6.45) is 4.88. The average Bonchev–Trinajstić information content (AvgIpc) is 3.44. The lowest BCUT2D eigenvalue weighted by atomic mass is 9.90. The zero-order chi connectivity index (χ0) is 26.2. The van der Waals surface area contributed by atoms with Crippen LogP contribution in [0.15, 0.2) is 46.4 Å². The Morgan fingerprint density at radius 2 is 1.97 bits per heavy atom. The van der Waals surface area contributed by atoms with E-state index in [1.54, 1.807) is 35.8 Å². The zero-order valence-electron chi connectivity index (χ0n) is 21.4. The third kappa shape index (κ3) is 5.29. The highest BCUT2D eigenvalue weighted by atomic mass is 32.2. The molecule has 1 N–H and O–H groups in total. The van der Waals surface area contributed by atoms with E-state index in [4.69, 9.17) is 4.74 Å². The Bertz CT molecular complexity index is 1450. The summed E-state index contributed by atoms with van der Waals surface area (Å²) in [5.74, 6) is 0.463. The van der Waals surface area contributed by atoms with Crippen molar-refractivity contribution in [1.29, 1.82) is 0 Å². The number of fused-ring (bicyclic) bond motifs is 1. The van der Waals surface area contributed by atoms with Gasteiger partial charge in [-0.15, -0.1) is 11.3 Å². The number of benzene rings is 1. The van der Waals surface area contributed by atoms with Gasteiger partial charge < -0.3 is 9.30 Å². The molecule has 3 heterocycles. The van der Waals surface area contributed by atoms with Crippen LogP contribution in [0, 0.1) is 19.8 Å². The largest absolute Gasteiger partial charge is 0.379 e. The molecule has 8 nitrogen and oxygen atoms in total. The van der Waals surface area contributed by atoms with E-state index in [2.05, 4.69) is 17.5 Å². The Labute approximate surface area is 222 Å². The van der Waals surface area contributed by atoms with E-state index < -0.39 is 10.0 Å². The first-order valence-corrected chi connectivity index (χ1v) is 14.8. The molecule has 0 bridgehead atoms. The van der Waals surface area contributed by atoms with Gasteiger partial charge in [0.1, 0.15) is 0 Å². The molecular weight excluding hydrogens is 508 g/mol. The molecule has 0 radical (unpaired) electrons. The number of sulfonamides is 1. The third-order valence-electron chi connectivity index (χ3n) is 7.08. The Morgan fingerprint density at radius 1 is 1.19 bits per heavy atom. The minimum absolute atomic E-state index is 0.196. The number of rotatable bonds is 6. The number of aromatic nitrogens is 1. The van der Waals surface area contributed by atoms with E-state index in [-0.39, 0.29) is 10.8 Å². The number of ether oxygens (including phenoxy) is 1. The lowest BCUT2D eigenvalue weighted by Crippen LogP contribution is -2.40. The molecule has 0 unspecified atom stereocenters. The quantitative estimate of drug-likeness (QED) is 0.377. The number of carbonyl (C=O) groups excluding carboxylic acids is 1. The third-order valence-corrected chi connectivity index (χ3v) is 10.2. The van der Waals surface area contributed by atoms with Gasteiger partial charge in [-0.2, -0.15) is 9.41 Å². The lowest BCUT2D eigenvalue weighted by Gasteiger charge is -2.26. The van der Waals surface area contributed by atoms with Crippen LogP contribution in [0.1, 0.15) is 50.4 Å². The van der Waals surface area contributed by atoms with Crippen LogP contribution in [0.5, 0.6) is 0 Å². The van der Waals surface area contributed by atoms with Gasteiger partial charge in [-0.1, -0.05) is 13.0 Å². The first-order valence-electron chi connectivity index (χ1n) is 12.6. The summed E-state index contributed by atoms with van der Waals surface area (Å²) in [5, 5.41) is 4.22. The molecule has 1 aromatic carbocycles. The van der Waals surface area contributed by atoms with Gasteiger partial charge in [0.25, 0.3) is 5.91 Å². The molecule has 5 rings (SSSR count). The summed E-state index contributed by atoms with van der Waals surface area (Å²) in [6, 6.07) is 11.0. The summed E-state index contributed by atoms with van der Waals surface area (Å²) >= 11 is 1.56. The van der Waals surface area contributed by atoms with Gasteiger partial charge >= 0.3 is 0 Å². The van der Waals surface area contributed by atoms with Gasteiger partial charge in [-0.25, -0.2) is 13.8 Å². The second-order valence-electron chi connectivity index (χ2n) is 9.78. The first-order chi connectivity index (χ1) is 17.7. The average molecular weight is 541 g/mol. The Morgan fingerprint density at radius 3 is 2.76 bits per heavy atom. The van der Waals surface area contributed by atoms with Crippen molar-refractivity contribution in [3.8, 4) is 5.69 Å². The fourth-order valence-corrected chi connectivity index (χ4v) is 7.61. The summed E-state index contributed by atoms with van der Waals surface area (Å²) in [5.41, 5.74) is 7.39. The molecule has 1 saturated heterocycles. The molecule has 1 aliphatic carbocycles. The molecule has 10 heteroatoms. The van der Waals surface area contributed by atoms with Crippen LogP contribution >= 0.6 is 11.3 Å².